The summed E-state index contributed by atoms with van der Waals surface area (Å²) in [6.07, 6.45) is 0. The van der Waals surface area contributed by atoms with E-state index in [4.69, 9.17) is 16.0 Å². The maximum atomic E-state index is 12.9. The second-order valence-electron chi connectivity index (χ2n) is 6.53. The van der Waals surface area contributed by atoms with Gasteiger partial charge in [-0.25, -0.2) is 13.2 Å². The summed E-state index contributed by atoms with van der Waals surface area (Å²) in [6, 6.07) is 22.2. The van der Waals surface area contributed by atoms with Crippen LogP contribution in [0.5, 0.6) is 0 Å². The lowest BCUT2D eigenvalue weighted by atomic mass is 10.1. The fraction of sp³-hybridized carbons (Fsp3) is 0.0455. The molecule has 0 amide bonds. The Morgan fingerprint density at radius 3 is 2.23 bits per heavy atom. The first-order valence-corrected chi connectivity index (χ1v) is 10.9. The maximum Gasteiger partial charge on any atom is 0.363 e. The van der Waals surface area contributed by atoms with Crippen molar-refractivity contribution in [2.45, 2.75) is 11.4 Å². The largest absolute Gasteiger partial charge is 0.421 e. The Labute approximate surface area is 178 Å². The lowest BCUT2D eigenvalue weighted by molar-refractivity contribution is 0.563. The van der Waals surface area contributed by atoms with Crippen molar-refractivity contribution >= 4 is 44.0 Å². The molecule has 152 valence electrons. The van der Waals surface area contributed by atoms with Crippen molar-refractivity contribution in [1.82, 2.24) is 0 Å². The minimum atomic E-state index is -4.04. The monoisotopic (exact) mass is 440 g/mol. The minimum absolute atomic E-state index is 0.0199. The van der Waals surface area contributed by atoms with Gasteiger partial charge in [0.1, 0.15) is 5.58 Å². The number of nitrogens with one attached hydrogen (secondary N) is 2. The molecular weight excluding hydrogens is 424 g/mol. The van der Waals surface area contributed by atoms with Crippen LogP contribution in [-0.4, -0.2) is 8.42 Å². The van der Waals surface area contributed by atoms with Crippen molar-refractivity contribution < 1.29 is 12.8 Å². The van der Waals surface area contributed by atoms with Gasteiger partial charge in [0.25, 0.3) is 10.0 Å². The van der Waals surface area contributed by atoms with Crippen molar-refractivity contribution in [1.29, 1.82) is 0 Å². The van der Waals surface area contributed by atoms with Crippen LogP contribution < -0.4 is 15.7 Å². The highest BCUT2D eigenvalue weighted by molar-refractivity contribution is 7.92. The number of fused-ring (bicyclic) bond motifs is 1. The molecule has 0 spiro atoms. The molecule has 0 saturated heterocycles. The quantitative estimate of drug-likeness (QED) is 0.418. The Morgan fingerprint density at radius 2 is 1.50 bits per heavy atom. The fourth-order valence-corrected chi connectivity index (χ4v) is 4.21. The average Bonchev–Trinajstić information content (AvgIpc) is 2.74. The normalized spacial score (nSPS) is 11.4. The van der Waals surface area contributed by atoms with Crippen LogP contribution in [0.25, 0.3) is 11.0 Å². The highest BCUT2D eigenvalue weighted by atomic mass is 35.5. The third kappa shape index (κ3) is 4.17. The van der Waals surface area contributed by atoms with Crippen LogP contribution in [0.4, 0.5) is 11.4 Å². The predicted octanol–water partition coefficient (Wildman–Crippen LogP) is 4.86. The number of hydrogen-bond donors (Lipinski definition) is 2. The van der Waals surface area contributed by atoms with Crippen molar-refractivity contribution in [3.05, 3.63) is 99.9 Å². The van der Waals surface area contributed by atoms with Gasteiger partial charge in [-0.1, -0.05) is 54.1 Å². The molecule has 0 bridgehead atoms. The summed E-state index contributed by atoms with van der Waals surface area (Å²) in [6.45, 7) is 0.393. The molecule has 8 heteroatoms. The molecule has 6 nitrogen and oxygen atoms in total. The topological polar surface area (TPSA) is 88.4 Å². The lowest BCUT2D eigenvalue weighted by Crippen LogP contribution is -2.20. The molecule has 0 unspecified atom stereocenters. The van der Waals surface area contributed by atoms with Gasteiger partial charge in [0.2, 0.25) is 0 Å². The molecule has 2 N–H and O–H groups in total. The van der Waals surface area contributed by atoms with E-state index in [1.807, 2.05) is 30.3 Å². The minimum Gasteiger partial charge on any atom is -0.421 e. The van der Waals surface area contributed by atoms with Crippen LogP contribution in [0.2, 0.25) is 5.02 Å². The third-order valence-corrected chi connectivity index (χ3v) is 6.10. The highest BCUT2D eigenvalue weighted by Crippen LogP contribution is 2.30. The van der Waals surface area contributed by atoms with Crippen LogP contribution in [-0.2, 0) is 16.6 Å². The summed E-state index contributed by atoms with van der Waals surface area (Å²) in [7, 11) is -4.04. The summed E-state index contributed by atoms with van der Waals surface area (Å²) in [5.74, 6) is 0. The molecule has 0 aliphatic carbocycles. The average molecular weight is 441 g/mol. The number of halogens is 1. The van der Waals surface area contributed by atoms with E-state index in [0.717, 1.165) is 5.56 Å². The molecule has 0 atom stereocenters. The maximum absolute atomic E-state index is 12.9. The zero-order valence-electron chi connectivity index (χ0n) is 15.6. The van der Waals surface area contributed by atoms with Crippen LogP contribution in [0, 0.1) is 0 Å². The van der Waals surface area contributed by atoms with Gasteiger partial charge in [0, 0.05) is 17.0 Å². The molecule has 1 aromatic heterocycles. The van der Waals surface area contributed by atoms with Gasteiger partial charge in [0.05, 0.1) is 10.6 Å². The van der Waals surface area contributed by atoms with E-state index in [2.05, 4.69) is 10.0 Å². The smallest absolute Gasteiger partial charge is 0.363 e. The van der Waals surface area contributed by atoms with Crippen LogP contribution in [0.3, 0.4) is 0 Å². The molecule has 1 heterocycles. The lowest BCUT2D eigenvalue weighted by Gasteiger charge is -2.15. The highest BCUT2D eigenvalue weighted by Gasteiger charge is 2.21. The zero-order valence-corrected chi connectivity index (χ0v) is 17.2. The number of anilines is 2. The van der Waals surface area contributed by atoms with Gasteiger partial charge in [-0.15, -0.1) is 0 Å². The van der Waals surface area contributed by atoms with Crippen molar-refractivity contribution in [2.75, 3.05) is 10.0 Å². The number of benzene rings is 3. The van der Waals surface area contributed by atoms with Crippen LogP contribution in [0.1, 0.15) is 5.56 Å². The van der Waals surface area contributed by atoms with Gasteiger partial charge >= 0.3 is 5.63 Å². The summed E-state index contributed by atoms with van der Waals surface area (Å²) in [5, 5.41) is 4.18. The van der Waals surface area contributed by atoms with Gasteiger partial charge in [-0.2, -0.15) is 0 Å². The molecule has 0 radical (unpaired) electrons. The van der Waals surface area contributed by atoms with Gasteiger partial charge in [-0.3, -0.25) is 4.72 Å². The van der Waals surface area contributed by atoms with Gasteiger partial charge in [-0.05, 0) is 42.0 Å². The number of para-hydroxylation sites is 1. The first-order valence-electron chi connectivity index (χ1n) is 9.06. The van der Waals surface area contributed by atoms with Crippen molar-refractivity contribution in [3.8, 4) is 0 Å². The second kappa shape index (κ2) is 8.22. The second-order valence-corrected chi connectivity index (χ2v) is 8.65. The van der Waals surface area contributed by atoms with Gasteiger partial charge in [0.15, 0.2) is 5.69 Å². The molecular formula is C22H17ClN2O4S. The van der Waals surface area contributed by atoms with Crippen LogP contribution >= 0.6 is 11.6 Å². The summed E-state index contributed by atoms with van der Waals surface area (Å²) in [5.41, 5.74) is 0.707. The van der Waals surface area contributed by atoms with E-state index in [1.54, 1.807) is 24.3 Å². The number of rotatable bonds is 6. The Balaban J connectivity index is 1.79. The summed E-state index contributed by atoms with van der Waals surface area (Å²) < 4.78 is 33.5. The molecule has 4 rings (SSSR count). The Hall–Kier alpha value is -3.29. The molecule has 30 heavy (non-hydrogen) atoms. The first kappa shape index (κ1) is 20.0. The third-order valence-electron chi connectivity index (χ3n) is 4.49. The van der Waals surface area contributed by atoms with E-state index in [9.17, 15) is 13.2 Å². The van der Waals surface area contributed by atoms with E-state index in [-0.39, 0.29) is 10.6 Å². The number of hydrogen-bond acceptors (Lipinski definition) is 5. The predicted molar refractivity (Wildman–Crippen MR) is 119 cm³/mol. The molecule has 4 aromatic rings. The standard InChI is InChI=1S/C22H17ClN2O4S/c23-16-10-12-17(13-11-16)30(27,28)25-21-20(24-14-15-6-2-1-3-7-15)18-8-4-5-9-19(18)29-22(21)26/h1-13,24-25H,14H2. The molecule has 0 aliphatic rings. The Kier molecular flexibility index (Phi) is 5.48. The van der Waals surface area contributed by atoms with Crippen molar-refractivity contribution in [2.24, 2.45) is 0 Å². The number of sulfonamides is 1. The Morgan fingerprint density at radius 1 is 0.833 bits per heavy atom. The Bertz CT molecular complexity index is 1350. The van der Waals surface area contributed by atoms with Crippen LogP contribution in [0.15, 0.2) is 93.0 Å². The summed E-state index contributed by atoms with van der Waals surface area (Å²) >= 11 is 5.85. The zero-order chi connectivity index (χ0) is 21.1. The van der Waals surface area contributed by atoms with Crippen molar-refractivity contribution in [3.63, 3.8) is 0 Å². The molecule has 0 fully saturated rings. The molecule has 0 aliphatic heterocycles. The molecule has 3 aromatic carbocycles. The van der Waals surface area contributed by atoms with E-state index < -0.39 is 15.6 Å². The van der Waals surface area contributed by atoms with E-state index in [0.29, 0.717) is 28.2 Å². The SMILES string of the molecule is O=c1oc2ccccc2c(NCc2ccccc2)c1NS(=O)(=O)c1ccc(Cl)cc1. The summed E-state index contributed by atoms with van der Waals surface area (Å²) in [4.78, 5) is 12.7. The fourth-order valence-electron chi connectivity index (χ4n) is 3.02. The van der Waals surface area contributed by atoms with E-state index in [1.165, 1.54) is 24.3 Å². The van der Waals surface area contributed by atoms with Gasteiger partial charge < -0.3 is 9.73 Å². The first-order chi connectivity index (χ1) is 14.4. The van der Waals surface area contributed by atoms with E-state index >= 15 is 0 Å². The molecule has 0 saturated carbocycles.